The van der Waals surface area contributed by atoms with Crippen molar-refractivity contribution >= 4 is 24.0 Å². The van der Waals surface area contributed by atoms with Crippen LogP contribution in [0.4, 0.5) is 0 Å². The molecular formula is C20H25Cl2NO2. The Morgan fingerprint density at radius 3 is 2.84 bits per heavy atom. The number of rotatable bonds is 6. The summed E-state index contributed by atoms with van der Waals surface area (Å²) in [5.41, 5.74) is 2.57. The molecule has 5 heteroatoms. The number of hydrogen-bond acceptors (Lipinski definition) is 3. The summed E-state index contributed by atoms with van der Waals surface area (Å²) >= 11 is 6.06. The van der Waals surface area contributed by atoms with Gasteiger partial charge in [-0.25, -0.2) is 0 Å². The molecule has 0 bridgehead atoms. The lowest BCUT2D eigenvalue weighted by atomic mass is 9.92. The number of fused-ring (bicyclic) bond motifs is 1. The van der Waals surface area contributed by atoms with Crippen LogP contribution in [0.5, 0.6) is 11.5 Å². The van der Waals surface area contributed by atoms with E-state index in [9.17, 15) is 0 Å². The Balaban J connectivity index is 0.00000225. The molecule has 1 unspecified atom stereocenters. The van der Waals surface area contributed by atoms with E-state index in [1.807, 2.05) is 30.3 Å². The van der Waals surface area contributed by atoms with Gasteiger partial charge >= 0.3 is 0 Å². The number of methoxy groups -OCH3 is 1. The van der Waals surface area contributed by atoms with E-state index in [1.165, 1.54) is 11.1 Å². The Morgan fingerprint density at radius 2 is 2.08 bits per heavy atom. The topological polar surface area (TPSA) is 21.7 Å². The van der Waals surface area contributed by atoms with Crippen molar-refractivity contribution in [2.75, 3.05) is 33.9 Å². The molecule has 0 spiro atoms. The molecule has 0 aliphatic carbocycles. The van der Waals surface area contributed by atoms with Crippen LogP contribution in [-0.4, -0.2) is 38.8 Å². The average Bonchev–Trinajstić information content (AvgIpc) is 2.60. The minimum absolute atomic E-state index is 0. The fourth-order valence-corrected chi connectivity index (χ4v) is 3.45. The molecule has 0 fully saturated rings. The smallest absolute Gasteiger partial charge is 0.126 e. The minimum Gasteiger partial charge on any atom is -0.497 e. The highest BCUT2D eigenvalue weighted by molar-refractivity contribution is 6.30. The van der Waals surface area contributed by atoms with E-state index >= 15 is 0 Å². The Bertz CT molecular complexity index is 693. The average molecular weight is 382 g/mol. The highest BCUT2D eigenvalue weighted by Gasteiger charge is 2.23. The quantitative estimate of drug-likeness (QED) is 0.716. The highest BCUT2D eigenvalue weighted by atomic mass is 35.5. The molecule has 0 saturated heterocycles. The second kappa shape index (κ2) is 9.33. The molecule has 1 aliphatic heterocycles. The van der Waals surface area contributed by atoms with Gasteiger partial charge in [0.1, 0.15) is 11.5 Å². The minimum atomic E-state index is 0. The Kier molecular flexibility index (Phi) is 7.42. The number of nitrogens with zero attached hydrogens (tertiary/aromatic N) is 1. The van der Waals surface area contributed by atoms with Gasteiger partial charge in [-0.3, -0.25) is 0 Å². The van der Waals surface area contributed by atoms with Crippen LogP contribution in [0.25, 0.3) is 0 Å². The van der Waals surface area contributed by atoms with Crippen LogP contribution in [0.3, 0.4) is 0 Å². The van der Waals surface area contributed by atoms with Gasteiger partial charge in [-0.1, -0.05) is 29.8 Å². The van der Waals surface area contributed by atoms with Gasteiger partial charge in [-0.2, -0.15) is 0 Å². The number of benzene rings is 2. The van der Waals surface area contributed by atoms with Gasteiger partial charge in [-0.05, 0) is 49.2 Å². The van der Waals surface area contributed by atoms with E-state index in [-0.39, 0.29) is 12.4 Å². The molecule has 0 radical (unpaired) electrons. The van der Waals surface area contributed by atoms with E-state index in [0.29, 0.717) is 5.92 Å². The normalized spacial score (nSPS) is 15.9. The highest BCUT2D eigenvalue weighted by Crippen LogP contribution is 2.36. The van der Waals surface area contributed by atoms with Gasteiger partial charge < -0.3 is 14.4 Å². The summed E-state index contributed by atoms with van der Waals surface area (Å²) in [6, 6.07) is 14.3. The van der Waals surface area contributed by atoms with Crippen LogP contribution < -0.4 is 9.47 Å². The third-order valence-corrected chi connectivity index (χ3v) is 4.82. The van der Waals surface area contributed by atoms with E-state index in [0.717, 1.165) is 49.1 Å². The molecule has 25 heavy (non-hydrogen) atoms. The summed E-state index contributed by atoms with van der Waals surface area (Å²) < 4.78 is 11.1. The molecule has 136 valence electrons. The lowest BCUT2D eigenvalue weighted by molar-refractivity contribution is 0.231. The number of likely N-dealkylation sites (N-methyl/N-ethyl adjacent to an activating group) is 1. The largest absolute Gasteiger partial charge is 0.497 e. The molecule has 3 rings (SSSR count). The third-order valence-electron chi connectivity index (χ3n) is 4.59. The number of hydrogen-bond donors (Lipinski definition) is 0. The standard InChI is InChI=1S/C20H24ClNO2.ClH/c1-22(10-8-15-4-3-5-17(21)12-15)14-16-9-11-24-20-13-18(23-2)6-7-19(16)20;/h3-7,12-13,16H,8-11,14H2,1-2H3;1H. The van der Waals surface area contributed by atoms with Crippen molar-refractivity contribution in [2.45, 2.75) is 18.8 Å². The first-order chi connectivity index (χ1) is 11.7. The van der Waals surface area contributed by atoms with Crippen LogP contribution in [-0.2, 0) is 6.42 Å². The van der Waals surface area contributed by atoms with E-state index < -0.39 is 0 Å². The van der Waals surface area contributed by atoms with Crippen LogP contribution >= 0.6 is 24.0 Å². The fourth-order valence-electron chi connectivity index (χ4n) is 3.24. The predicted molar refractivity (Wildman–Crippen MR) is 106 cm³/mol. The molecule has 0 N–H and O–H groups in total. The van der Waals surface area contributed by atoms with Crippen molar-refractivity contribution < 1.29 is 9.47 Å². The van der Waals surface area contributed by atoms with Gasteiger partial charge in [-0.15, -0.1) is 12.4 Å². The first-order valence-corrected chi connectivity index (χ1v) is 8.77. The molecule has 0 amide bonds. The first-order valence-electron chi connectivity index (χ1n) is 8.39. The van der Waals surface area contributed by atoms with Gasteiger partial charge in [0.05, 0.1) is 13.7 Å². The van der Waals surface area contributed by atoms with Crippen LogP contribution in [0, 0.1) is 0 Å². The number of halogens is 2. The van der Waals surface area contributed by atoms with E-state index in [1.54, 1.807) is 7.11 Å². The molecule has 1 aliphatic rings. The maximum atomic E-state index is 6.06. The lowest BCUT2D eigenvalue weighted by Crippen LogP contribution is -2.29. The second-order valence-corrected chi connectivity index (χ2v) is 6.82. The molecule has 2 aromatic carbocycles. The van der Waals surface area contributed by atoms with Crippen molar-refractivity contribution in [3.63, 3.8) is 0 Å². The molecule has 3 nitrogen and oxygen atoms in total. The van der Waals surface area contributed by atoms with Crippen LogP contribution in [0.2, 0.25) is 5.02 Å². The third kappa shape index (κ3) is 5.27. The Hall–Kier alpha value is -1.42. The zero-order valence-corrected chi connectivity index (χ0v) is 16.3. The zero-order valence-electron chi connectivity index (χ0n) is 14.7. The van der Waals surface area contributed by atoms with E-state index in [2.05, 4.69) is 24.1 Å². The van der Waals surface area contributed by atoms with Gasteiger partial charge in [0.2, 0.25) is 0 Å². The zero-order chi connectivity index (χ0) is 16.9. The number of ether oxygens (including phenoxy) is 2. The predicted octanol–water partition coefficient (Wildman–Crippen LogP) is 4.81. The Labute approximate surface area is 161 Å². The van der Waals surface area contributed by atoms with Crippen molar-refractivity contribution in [3.8, 4) is 11.5 Å². The molecule has 2 aromatic rings. The maximum Gasteiger partial charge on any atom is 0.126 e. The fraction of sp³-hybridized carbons (Fsp3) is 0.400. The van der Waals surface area contributed by atoms with Gasteiger partial charge in [0.25, 0.3) is 0 Å². The van der Waals surface area contributed by atoms with Gasteiger partial charge in [0.15, 0.2) is 0 Å². The summed E-state index contributed by atoms with van der Waals surface area (Å²) in [4.78, 5) is 2.39. The van der Waals surface area contributed by atoms with Crippen molar-refractivity contribution in [1.82, 2.24) is 4.90 Å². The maximum absolute atomic E-state index is 6.06. The second-order valence-electron chi connectivity index (χ2n) is 6.38. The van der Waals surface area contributed by atoms with Crippen molar-refractivity contribution in [3.05, 3.63) is 58.6 Å². The SMILES string of the molecule is COc1ccc2c(c1)OCCC2CN(C)CCc1cccc(Cl)c1.Cl. The summed E-state index contributed by atoms with van der Waals surface area (Å²) in [5, 5.41) is 0.808. The van der Waals surface area contributed by atoms with Crippen molar-refractivity contribution in [1.29, 1.82) is 0 Å². The first kappa shape index (κ1) is 19.9. The molecular weight excluding hydrogens is 357 g/mol. The summed E-state index contributed by atoms with van der Waals surface area (Å²) in [6.45, 7) is 2.82. The van der Waals surface area contributed by atoms with Crippen molar-refractivity contribution in [2.24, 2.45) is 0 Å². The molecule has 0 aromatic heterocycles. The lowest BCUT2D eigenvalue weighted by Gasteiger charge is -2.29. The molecule has 1 atom stereocenters. The summed E-state index contributed by atoms with van der Waals surface area (Å²) in [6.07, 6.45) is 2.07. The van der Waals surface area contributed by atoms with E-state index in [4.69, 9.17) is 21.1 Å². The summed E-state index contributed by atoms with van der Waals surface area (Å²) in [5.74, 6) is 2.32. The Morgan fingerprint density at radius 1 is 1.24 bits per heavy atom. The van der Waals surface area contributed by atoms with Crippen LogP contribution in [0.15, 0.2) is 42.5 Å². The summed E-state index contributed by atoms with van der Waals surface area (Å²) in [7, 11) is 3.87. The van der Waals surface area contributed by atoms with Crippen LogP contribution in [0.1, 0.15) is 23.5 Å². The molecule has 1 heterocycles. The monoisotopic (exact) mass is 381 g/mol. The van der Waals surface area contributed by atoms with Gasteiger partial charge in [0, 0.05) is 30.1 Å². The molecule has 0 saturated carbocycles.